The van der Waals surface area contributed by atoms with Gasteiger partial charge in [-0.15, -0.1) is 0 Å². The number of Topliss-reactive ketones (excluding diaryl/α,β-unsaturated/α-hetero) is 1. The largest absolute Gasteiger partial charge is 0.508 e. The Bertz CT molecular complexity index is 6150. The van der Waals surface area contributed by atoms with E-state index in [-0.39, 0.29) is 71.1 Å². The number of esters is 4. The maximum atomic E-state index is 15.3. The number of pyridine rings is 2. The molecule has 19 rings (SSSR count). The number of para-hydroxylation sites is 1. The number of hydrogen-bond donors (Lipinski definition) is 11. The summed E-state index contributed by atoms with van der Waals surface area (Å²) in [7, 11) is 9.27. The standard InChI is InChI=1S/C46H56N4O10.C27H29NO11.C23H23N3O5/c1-7-42(55)22-28-23-45(40(53)58-5,36-30(14-18-48(24-28)25-42)29-12-9-10-13-33(29)47-36)32-20-31-34(21-35(32)57-4)50(26-51)38-44(31)16-19-49-17-11-15-43(8-2,37(44)49)39(60-27(3)52)46(38,56)41(54)59-6;1-10-22(31)13(28)6-17(38-10)39-15-8-27(36,16(30)9-29)7-12-19(15)26(35)21-20(24(12)33)23(32)11-4-3-5-14(37-2)18(11)25(21)34;1-4-23(30)16-8-18-20-12(9-26(18)21(28)15(16)11-31-22(23)29)7-13-14(10-25(2)3)19(27)6-5-17(13)24-20/h9-13,15,20-21,26,28,37-39,47,55-56H,7-8,14,16-19,22-25H2,1-6H3;3-5,10,13,15,17,22,29,31,33,35-36H,6-9,28H2,1-2H3;5-8,27,30H,4,9-11H2,1-3H3/t28-,37+,38-,39-,42+,43-,44-,45+,46+;10-,13-,15-,17-,22+,27-;23-/m100/s1. The van der Waals surface area contributed by atoms with Crippen molar-refractivity contribution in [1.29, 1.82) is 0 Å². The van der Waals surface area contributed by atoms with E-state index in [0.717, 1.165) is 33.0 Å². The van der Waals surface area contributed by atoms with Crippen molar-refractivity contribution in [3.63, 3.8) is 0 Å². The number of nitrogens with zero attached hydrogens (tertiary/aromatic N) is 6. The number of aliphatic hydroxyl groups excluding tert-OH is 2. The van der Waals surface area contributed by atoms with Crippen molar-refractivity contribution in [3.8, 4) is 40.1 Å². The number of carbonyl (C=O) groups is 8. The number of aromatic amines is 1. The van der Waals surface area contributed by atoms with Gasteiger partial charge in [0.2, 0.25) is 17.8 Å². The van der Waals surface area contributed by atoms with Crippen LogP contribution in [0.1, 0.15) is 180 Å². The third kappa shape index (κ3) is 13.5. The number of nitrogens with two attached hydrogens (primary N) is 1. The van der Waals surface area contributed by atoms with E-state index in [0.29, 0.717) is 141 Å². The second kappa shape index (κ2) is 33.2. The van der Waals surface area contributed by atoms with Crippen molar-refractivity contribution in [1.82, 2.24) is 29.2 Å². The summed E-state index contributed by atoms with van der Waals surface area (Å²) in [6.07, 6.45) is 0.814. The molecule has 3 saturated heterocycles. The minimum atomic E-state index is -2.53. The summed E-state index contributed by atoms with van der Waals surface area (Å²) in [5, 5.41) is 102. The smallest absolute Gasteiger partial charge is 0.344 e. The lowest BCUT2D eigenvalue weighted by molar-refractivity contribution is -0.247. The Balaban J connectivity index is 0.000000146. The van der Waals surface area contributed by atoms with Gasteiger partial charge in [-0.2, -0.15) is 0 Å². The predicted octanol–water partition coefficient (Wildman–Crippen LogP) is 5.37. The fourth-order valence-corrected chi connectivity index (χ4v) is 23.7. The molecule has 11 aliphatic rings. The maximum absolute atomic E-state index is 15.3. The number of piperidine rings is 1. The van der Waals surface area contributed by atoms with Crippen LogP contribution in [0.3, 0.4) is 0 Å². The molecule has 8 aliphatic heterocycles. The van der Waals surface area contributed by atoms with E-state index in [1.165, 1.54) is 58.5 Å². The summed E-state index contributed by atoms with van der Waals surface area (Å²) in [6, 6.07) is 20.7. The number of amides is 1. The number of anilines is 1. The maximum Gasteiger partial charge on any atom is 0.344 e. The van der Waals surface area contributed by atoms with Crippen molar-refractivity contribution >= 4 is 75.1 Å². The number of benzene rings is 5. The van der Waals surface area contributed by atoms with Crippen molar-refractivity contribution in [2.45, 2.75) is 201 Å². The van der Waals surface area contributed by atoms with Crippen molar-refractivity contribution in [2.75, 3.05) is 86.8 Å². The Labute approximate surface area is 747 Å². The third-order valence-corrected chi connectivity index (χ3v) is 29.6. The first-order chi connectivity index (χ1) is 61.9. The Morgan fingerprint density at radius 1 is 0.785 bits per heavy atom. The molecule has 1 amide bonds. The van der Waals surface area contributed by atoms with E-state index in [9.17, 15) is 84.3 Å². The van der Waals surface area contributed by atoms with Crippen LogP contribution in [0.15, 0.2) is 95.8 Å². The van der Waals surface area contributed by atoms with Crippen LogP contribution in [0, 0.1) is 11.3 Å². The van der Waals surface area contributed by atoms with E-state index in [4.69, 9.17) is 48.6 Å². The van der Waals surface area contributed by atoms with Gasteiger partial charge in [0, 0.05) is 149 Å². The quantitative estimate of drug-likeness (QED) is 0.0190. The summed E-state index contributed by atoms with van der Waals surface area (Å²) < 4.78 is 47.4. The molecule has 1 saturated carbocycles. The average molecular weight is 1790 g/mol. The molecule has 11 heterocycles. The van der Waals surface area contributed by atoms with Gasteiger partial charge in [0.05, 0.1) is 110 Å². The molecule has 3 aromatic heterocycles. The van der Waals surface area contributed by atoms with E-state index in [1.54, 1.807) is 42.7 Å². The van der Waals surface area contributed by atoms with Crippen molar-refractivity contribution < 1.29 is 122 Å². The molecule has 3 aliphatic carbocycles. The summed E-state index contributed by atoms with van der Waals surface area (Å²) in [6.45, 7) is 11.1. The monoisotopic (exact) mass is 1790 g/mol. The lowest BCUT2D eigenvalue weighted by Gasteiger charge is -2.63. The zero-order valence-electron chi connectivity index (χ0n) is 74.1. The minimum Gasteiger partial charge on any atom is -0.508 e. The molecule has 17 atom stereocenters. The fourth-order valence-electron chi connectivity index (χ4n) is 23.7. The van der Waals surface area contributed by atoms with Crippen LogP contribution in [0.5, 0.6) is 28.7 Å². The van der Waals surface area contributed by atoms with Gasteiger partial charge in [-0.1, -0.05) is 63.3 Å². The number of nitrogens with one attached hydrogen (secondary N) is 1. The third-order valence-electron chi connectivity index (χ3n) is 29.6. The highest BCUT2D eigenvalue weighted by atomic mass is 16.7. The van der Waals surface area contributed by atoms with Crippen LogP contribution in [0.4, 0.5) is 5.69 Å². The predicted molar refractivity (Wildman–Crippen MR) is 466 cm³/mol. The molecular formula is C96H108N8O26. The highest BCUT2D eigenvalue weighted by Crippen LogP contribution is 2.69. The van der Waals surface area contributed by atoms with Gasteiger partial charge in [0.15, 0.2) is 29.6 Å². The van der Waals surface area contributed by atoms with Gasteiger partial charge < -0.3 is 109 Å². The number of rotatable bonds is 16. The normalized spacial score (nSPS) is 30.4. The number of hydrogen-bond acceptors (Lipinski definition) is 31. The molecule has 0 radical (unpaired) electrons. The number of methoxy groups -OCH3 is 4. The number of aromatic hydroxyl groups is 3. The van der Waals surface area contributed by atoms with E-state index in [1.807, 2.05) is 75.3 Å². The second-order valence-electron chi connectivity index (χ2n) is 36.7. The number of phenols is 3. The molecule has 130 heavy (non-hydrogen) atoms. The van der Waals surface area contributed by atoms with Crippen LogP contribution in [-0.4, -0.2) is 264 Å². The lowest BCUT2D eigenvalue weighted by Crippen LogP contribution is -2.81. The minimum absolute atomic E-state index is 0.0173. The van der Waals surface area contributed by atoms with Gasteiger partial charge in [-0.3, -0.25) is 43.4 Å². The summed E-state index contributed by atoms with van der Waals surface area (Å²) in [5.41, 5.74) is 1.25. The van der Waals surface area contributed by atoms with E-state index >= 15 is 4.79 Å². The van der Waals surface area contributed by atoms with Crippen LogP contribution < -0.4 is 25.7 Å². The zero-order valence-corrected chi connectivity index (χ0v) is 74.1. The van der Waals surface area contributed by atoms with Crippen LogP contribution in [-0.2, 0) is 106 Å². The number of ether oxygens (including phenoxy) is 8. The molecule has 2 bridgehead atoms. The molecule has 688 valence electrons. The number of ketones is 3. The average Bonchev–Trinajstić information content (AvgIpc) is 1.46. The first-order valence-corrected chi connectivity index (χ1v) is 43.9. The molecule has 34 heteroatoms. The topological polar surface area (TPSA) is 482 Å². The number of phenolic OH excluding ortho intramolecular Hbond substituents is 3. The first kappa shape index (κ1) is 90.6. The van der Waals surface area contributed by atoms with E-state index in [2.05, 4.69) is 20.9 Å². The van der Waals surface area contributed by atoms with Crippen LogP contribution in [0.2, 0.25) is 0 Å². The Morgan fingerprint density at radius 3 is 2.20 bits per heavy atom. The van der Waals surface area contributed by atoms with E-state index < -0.39 is 171 Å². The SMILES string of the molecule is CC[C@@]1(O)C(=O)OCc2c1cc1n(c2=O)Cc2cc3c(CN(C)C)c(O)ccc3nc2-1.CC[C@]1(O)C[C@H]2C[N@](CCc3c([nH]c4ccccc34)[C@@](C(=O)OC)(c3cc4c(cc3OC)N(C=O)[C@H]3[C@@](O)(C(=O)OC)[C@H](OC(C)=O)[C@]5(CC)C=CCN6CC[C@]43[C@@H]65)C2)C1.COc1cccc2c1C(=O)c1c(O)c3c(c(O)c1C2=O)C[C@@](O)(C(=O)CO)C[C@@H]3O[C@H]1C[C@H](N)[C@H](O)[C@H](C)O1. The zero-order chi connectivity index (χ0) is 93.0. The van der Waals surface area contributed by atoms with Crippen LogP contribution >= 0.6 is 0 Å². The lowest BCUT2D eigenvalue weighted by atomic mass is 9.47. The molecule has 4 fully saturated rings. The molecule has 8 aromatic rings. The van der Waals surface area contributed by atoms with Crippen molar-refractivity contribution in [2.24, 2.45) is 17.1 Å². The summed E-state index contributed by atoms with van der Waals surface area (Å²) in [5.74, 6) is -6.37. The number of carbonyl (C=O) groups excluding carboxylic acids is 8. The molecular weight excluding hydrogens is 1680 g/mol. The molecule has 5 aromatic carbocycles. The summed E-state index contributed by atoms with van der Waals surface area (Å²) >= 11 is 0. The number of H-pyrrole nitrogens is 1. The number of aromatic nitrogens is 3. The van der Waals surface area contributed by atoms with Gasteiger partial charge in [-0.25, -0.2) is 14.6 Å². The van der Waals surface area contributed by atoms with Gasteiger partial charge >= 0.3 is 23.9 Å². The molecule has 34 nitrogen and oxygen atoms in total. The molecule has 1 spiro atoms. The van der Waals surface area contributed by atoms with Gasteiger partial charge in [-0.05, 0) is 132 Å². The second-order valence-corrected chi connectivity index (χ2v) is 36.7. The molecule has 12 N–H and O–H groups in total. The summed E-state index contributed by atoms with van der Waals surface area (Å²) in [4.78, 5) is 138. The highest BCUT2D eigenvalue weighted by Gasteiger charge is 2.81. The number of fused-ring (bicyclic) bond motifs is 14. The van der Waals surface area contributed by atoms with Crippen molar-refractivity contribution in [3.05, 3.63) is 179 Å². The first-order valence-electron chi connectivity index (χ1n) is 43.9. The molecule has 0 unspecified atom stereocenters. The Hall–Kier alpha value is -11.4. The van der Waals surface area contributed by atoms with Crippen LogP contribution in [0.25, 0.3) is 33.2 Å². The van der Waals surface area contributed by atoms with Gasteiger partial charge in [0.25, 0.3) is 5.56 Å². The Morgan fingerprint density at radius 2 is 1.52 bits per heavy atom. The Kier molecular flexibility index (Phi) is 23.1. The van der Waals surface area contributed by atoms with Gasteiger partial charge in [0.1, 0.15) is 53.0 Å². The highest BCUT2D eigenvalue weighted by molar-refractivity contribution is 6.31. The fraction of sp³-hybridized carbons (Fsp3) is 0.479. The number of aliphatic hydroxyl groups is 6. The number of cyclic esters (lactones) is 1.